The standard InChI is InChI=1S/C22H19N5O5/c28-18(25-22(9-10-22)19(29)30)17-23-20(27-26-17)24-21(31)32-11-16-14-7-3-1-5-12(14)13-6-2-4-8-15(13)16/h1-8,16H,9-11H2,(H,25,28)(H,29,30)(H2,23,24,26,27,31). The summed E-state index contributed by atoms with van der Waals surface area (Å²) in [6.07, 6.45) is -0.0536. The average molecular weight is 433 g/mol. The first-order chi connectivity index (χ1) is 15.5. The number of ether oxygens (including phenoxy) is 1. The maximum absolute atomic E-state index is 12.3. The Morgan fingerprint density at radius 2 is 1.69 bits per heavy atom. The first kappa shape index (κ1) is 19.7. The van der Waals surface area contributed by atoms with E-state index >= 15 is 0 Å². The Balaban J connectivity index is 1.21. The molecule has 1 saturated carbocycles. The fourth-order valence-corrected chi connectivity index (χ4v) is 3.94. The van der Waals surface area contributed by atoms with Gasteiger partial charge in [-0.3, -0.25) is 15.2 Å². The molecule has 1 aromatic heterocycles. The van der Waals surface area contributed by atoms with Crippen LogP contribution in [-0.4, -0.2) is 50.4 Å². The van der Waals surface area contributed by atoms with Crippen molar-refractivity contribution in [3.05, 3.63) is 65.5 Å². The van der Waals surface area contributed by atoms with Crippen LogP contribution in [-0.2, 0) is 9.53 Å². The minimum Gasteiger partial charge on any atom is -0.480 e. The van der Waals surface area contributed by atoms with Crippen LogP contribution in [0.15, 0.2) is 48.5 Å². The van der Waals surface area contributed by atoms with Gasteiger partial charge in [0, 0.05) is 5.92 Å². The van der Waals surface area contributed by atoms with E-state index in [2.05, 4.69) is 25.8 Å². The summed E-state index contributed by atoms with van der Waals surface area (Å²) in [5.41, 5.74) is 3.18. The number of hydrogen-bond donors (Lipinski definition) is 4. The minimum absolute atomic E-state index is 0.0904. The van der Waals surface area contributed by atoms with E-state index in [-0.39, 0.29) is 24.3 Å². The molecule has 162 valence electrons. The SMILES string of the molecule is O=C(Nc1n[nH]c(C(=O)NC2(C(=O)O)CC2)n1)OCC1c2ccccc2-c2ccccc21. The molecule has 1 fully saturated rings. The summed E-state index contributed by atoms with van der Waals surface area (Å²) in [5, 5.41) is 20.1. The van der Waals surface area contributed by atoms with Crippen molar-refractivity contribution < 1.29 is 24.2 Å². The second-order valence-electron chi connectivity index (χ2n) is 7.80. The van der Waals surface area contributed by atoms with Crippen molar-refractivity contribution in [2.45, 2.75) is 24.3 Å². The number of H-pyrrole nitrogens is 1. The summed E-state index contributed by atoms with van der Waals surface area (Å²) in [4.78, 5) is 39.6. The zero-order valence-corrected chi connectivity index (χ0v) is 16.8. The topological polar surface area (TPSA) is 146 Å². The van der Waals surface area contributed by atoms with Gasteiger partial charge >= 0.3 is 12.1 Å². The highest BCUT2D eigenvalue weighted by Gasteiger charge is 2.52. The van der Waals surface area contributed by atoms with Crippen molar-refractivity contribution in [1.82, 2.24) is 20.5 Å². The van der Waals surface area contributed by atoms with Gasteiger partial charge in [-0.15, -0.1) is 5.10 Å². The van der Waals surface area contributed by atoms with Crippen LogP contribution in [0.2, 0.25) is 0 Å². The molecule has 2 amide bonds. The van der Waals surface area contributed by atoms with E-state index in [4.69, 9.17) is 9.84 Å². The summed E-state index contributed by atoms with van der Waals surface area (Å²) in [5.74, 6) is -2.24. The number of anilines is 1. The van der Waals surface area contributed by atoms with E-state index in [1.807, 2.05) is 48.5 Å². The summed E-state index contributed by atoms with van der Waals surface area (Å²) in [6, 6.07) is 16.0. The highest BCUT2D eigenvalue weighted by atomic mass is 16.5. The van der Waals surface area contributed by atoms with Crippen molar-refractivity contribution in [2.24, 2.45) is 0 Å². The lowest BCUT2D eigenvalue weighted by Gasteiger charge is -2.13. The van der Waals surface area contributed by atoms with Crippen LogP contribution in [0, 0.1) is 0 Å². The third-order valence-corrected chi connectivity index (χ3v) is 5.77. The van der Waals surface area contributed by atoms with Gasteiger partial charge in [-0.1, -0.05) is 48.5 Å². The molecule has 5 rings (SSSR count). The number of aromatic nitrogens is 3. The Morgan fingerprint density at radius 1 is 1.06 bits per heavy atom. The number of aromatic amines is 1. The van der Waals surface area contributed by atoms with Gasteiger partial charge in [0.2, 0.25) is 5.82 Å². The predicted molar refractivity (Wildman–Crippen MR) is 112 cm³/mol. The number of nitrogens with one attached hydrogen (secondary N) is 3. The summed E-state index contributed by atoms with van der Waals surface area (Å²) >= 11 is 0. The van der Waals surface area contributed by atoms with Gasteiger partial charge in [0.25, 0.3) is 11.9 Å². The van der Waals surface area contributed by atoms with Crippen molar-refractivity contribution in [3.8, 4) is 11.1 Å². The van der Waals surface area contributed by atoms with E-state index in [1.54, 1.807) is 0 Å². The van der Waals surface area contributed by atoms with Crippen molar-refractivity contribution in [2.75, 3.05) is 11.9 Å². The smallest absolute Gasteiger partial charge is 0.414 e. The first-order valence-electron chi connectivity index (χ1n) is 10.1. The summed E-state index contributed by atoms with van der Waals surface area (Å²) < 4.78 is 5.41. The van der Waals surface area contributed by atoms with Gasteiger partial charge < -0.3 is 15.2 Å². The first-order valence-corrected chi connectivity index (χ1v) is 10.1. The van der Waals surface area contributed by atoms with E-state index in [1.165, 1.54) is 0 Å². The largest absolute Gasteiger partial charge is 0.480 e. The summed E-state index contributed by atoms with van der Waals surface area (Å²) in [6.45, 7) is 0.124. The average Bonchev–Trinajstić information content (AvgIpc) is 3.31. The number of nitrogens with zero attached hydrogens (tertiary/aromatic N) is 2. The molecule has 32 heavy (non-hydrogen) atoms. The van der Waals surface area contributed by atoms with Crippen LogP contribution in [0.3, 0.4) is 0 Å². The maximum atomic E-state index is 12.3. The van der Waals surface area contributed by atoms with Gasteiger partial charge in [-0.2, -0.15) is 4.98 Å². The molecule has 2 aromatic carbocycles. The highest BCUT2D eigenvalue weighted by molar-refractivity contribution is 5.96. The molecule has 0 atom stereocenters. The molecule has 10 nitrogen and oxygen atoms in total. The van der Waals surface area contributed by atoms with Gasteiger partial charge in [0.15, 0.2) is 0 Å². The van der Waals surface area contributed by atoms with Crippen LogP contribution in [0.5, 0.6) is 0 Å². The fraction of sp³-hybridized carbons (Fsp3) is 0.227. The Morgan fingerprint density at radius 3 is 2.28 bits per heavy atom. The third kappa shape index (κ3) is 3.45. The Bertz CT molecular complexity index is 1190. The lowest BCUT2D eigenvalue weighted by molar-refractivity contribution is -0.140. The van der Waals surface area contributed by atoms with Gasteiger partial charge in [0.05, 0.1) is 0 Å². The molecule has 0 bridgehead atoms. The summed E-state index contributed by atoms with van der Waals surface area (Å²) in [7, 11) is 0. The van der Waals surface area contributed by atoms with Crippen LogP contribution in [0.4, 0.5) is 10.7 Å². The molecule has 2 aliphatic rings. The Labute approximate surface area is 182 Å². The number of hydrogen-bond acceptors (Lipinski definition) is 6. The van der Waals surface area contributed by atoms with Crippen molar-refractivity contribution in [1.29, 1.82) is 0 Å². The van der Waals surface area contributed by atoms with Crippen molar-refractivity contribution in [3.63, 3.8) is 0 Å². The number of aliphatic carboxylic acids is 1. The van der Waals surface area contributed by atoms with E-state index < -0.39 is 23.5 Å². The molecule has 0 saturated heterocycles. The number of carboxylic acid groups (broad SMARTS) is 1. The molecular weight excluding hydrogens is 414 g/mol. The molecule has 2 aliphatic carbocycles. The van der Waals surface area contributed by atoms with Crippen molar-refractivity contribution >= 4 is 23.9 Å². The normalized spacial score (nSPS) is 15.4. The number of carboxylic acids is 1. The molecular formula is C22H19N5O5. The fourth-order valence-electron chi connectivity index (χ4n) is 3.94. The second-order valence-corrected chi connectivity index (χ2v) is 7.80. The van der Waals surface area contributed by atoms with Gasteiger partial charge in [0.1, 0.15) is 12.1 Å². The number of carbonyl (C=O) groups excluding carboxylic acids is 2. The lowest BCUT2D eigenvalue weighted by atomic mass is 9.98. The number of amides is 2. The molecule has 0 radical (unpaired) electrons. The zero-order chi connectivity index (χ0) is 22.3. The molecule has 0 aliphatic heterocycles. The number of benzene rings is 2. The Hall–Kier alpha value is -4.21. The van der Waals surface area contributed by atoms with Crippen LogP contribution in [0.1, 0.15) is 40.5 Å². The molecule has 0 spiro atoms. The quantitative estimate of drug-likeness (QED) is 0.467. The second kappa shape index (κ2) is 7.49. The Kier molecular flexibility index (Phi) is 4.62. The monoisotopic (exact) mass is 433 g/mol. The molecule has 0 unspecified atom stereocenters. The number of rotatable bonds is 6. The van der Waals surface area contributed by atoms with Gasteiger partial charge in [-0.05, 0) is 35.1 Å². The third-order valence-electron chi connectivity index (χ3n) is 5.77. The van der Waals surface area contributed by atoms with E-state index in [9.17, 15) is 14.4 Å². The molecule has 3 aromatic rings. The minimum atomic E-state index is -1.25. The molecule has 10 heteroatoms. The van der Waals surface area contributed by atoms with Crippen LogP contribution < -0.4 is 10.6 Å². The predicted octanol–water partition coefficient (Wildman–Crippen LogP) is 2.51. The lowest BCUT2D eigenvalue weighted by Crippen LogP contribution is -2.43. The van der Waals surface area contributed by atoms with E-state index in [0.29, 0.717) is 12.8 Å². The number of fused-ring (bicyclic) bond motifs is 3. The molecule has 1 heterocycles. The van der Waals surface area contributed by atoms with E-state index in [0.717, 1.165) is 22.3 Å². The maximum Gasteiger partial charge on any atom is 0.414 e. The molecule has 4 N–H and O–H groups in total. The van der Waals surface area contributed by atoms with Gasteiger partial charge in [-0.25, -0.2) is 9.59 Å². The van der Waals surface area contributed by atoms with Crippen LogP contribution in [0.25, 0.3) is 11.1 Å². The highest BCUT2D eigenvalue weighted by Crippen LogP contribution is 2.44. The zero-order valence-electron chi connectivity index (χ0n) is 16.8. The number of carbonyl (C=O) groups is 3. The van der Waals surface area contributed by atoms with Crippen LogP contribution >= 0.6 is 0 Å².